The molecule has 0 amide bonds. The first kappa shape index (κ1) is 9.76. The van der Waals surface area contributed by atoms with Gasteiger partial charge in [0.05, 0.1) is 0 Å². The van der Waals surface area contributed by atoms with Crippen LogP contribution in [0.15, 0.2) is 22.7 Å². The number of nitrogens with two attached hydrogens (primary N) is 1. The minimum atomic E-state index is 0.258. The van der Waals surface area contributed by atoms with E-state index in [0.29, 0.717) is 17.3 Å². The molecule has 0 unspecified atom stereocenters. The predicted molar refractivity (Wildman–Crippen MR) is 65.2 cm³/mol. The molecule has 1 aromatic heterocycles. The van der Waals surface area contributed by atoms with Crippen LogP contribution in [-0.2, 0) is 0 Å². The molecule has 0 bridgehead atoms. The molecule has 0 spiro atoms. The number of hydrogen-bond acceptors (Lipinski definition) is 5. The summed E-state index contributed by atoms with van der Waals surface area (Å²) in [4.78, 5) is 0. The van der Waals surface area contributed by atoms with Gasteiger partial charge >= 0.3 is 0 Å². The van der Waals surface area contributed by atoms with Gasteiger partial charge in [-0.25, -0.2) is 0 Å². The number of halogens is 1. The number of benzene rings is 1. The maximum absolute atomic E-state index is 5.62. The van der Waals surface area contributed by atoms with E-state index in [9.17, 15) is 0 Å². The Morgan fingerprint density at radius 3 is 2.81 bits per heavy atom. The zero-order valence-electron chi connectivity index (χ0n) is 8.07. The molecule has 6 heteroatoms. The van der Waals surface area contributed by atoms with Crippen LogP contribution in [0.3, 0.4) is 0 Å². The summed E-state index contributed by atoms with van der Waals surface area (Å²) in [5, 5.41) is 3.71. The summed E-state index contributed by atoms with van der Waals surface area (Å²) in [6.45, 7) is 0.258. The lowest BCUT2D eigenvalue weighted by Crippen LogP contribution is -1.92. The van der Waals surface area contributed by atoms with Crippen LogP contribution in [0.25, 0.3) is 11.3 Å². The van der Waals surface area contributed by atoms with Gasteiger partial charge in [0.2, 0.25) is 6.79 Å². The van der Waals surface area contributed by atoms with Gasteiger partial charge in [0.1, 0.15) is 3.57 Å². The van der Waals surface area contributed by atoms with E-state index in [1.165, 1.54) is 0 Å². The minimum Gasteiger partial charge on any atom is -0.454 e. The Bertz CT molecular complexity index is 553. The number of nitrogens with zero attached hydrogens (tertiary/aromatic N) is 1. The monoisotopic (exact) mass is 330 g/mol. The van der Waals surface area contributed by atoms with Crippen LogP contribution in [0.1, 0.15) is 0 Å². The summed E-state index contributed by atoms with van der Waals surface area (Å²) in [7, 11) is 0. The Labute approximate surface area is 105 Å². The molecular weight excluding hydrogens is 323 g/mol. The fourth-order valence-corrected chi connectivity index (χ4v) is 2.02. The molecule has 82 valence electrons. The Hall–Kier alpha value is -1.44. The van der Waals surface area contributed by atoms with E-state index in [0.717, 1.165) is 14.9 Å². The topological polar surface area (TPSA) is 70.5 Å². The van der Waals surface area contributed by atoms with Crippen molar-refractivity contribution in [2.75, 3.05) is 12.5 Å². The van der Waals surface area contributed by atoms with Crippen molar-refractivity contribution in [1.29, 1.82) is 0 Å². The minimum absolute atomic E-state index is 0.258. The van der Waals surface area contributed by atoms with Gasteiger partial charge in [0.25, 0.3) is 0 Å². The van der Waals surface area contributed by atoms with Gasteiger partial charge in [-0.2, -0.15) is 0 Å². The van der Waals surface area contributed by atoms with Crippen LogP contribution < -0.4 is 15.2 Å². The SMILES string of the molecule is Nc1noc(-c2ccc3c(c2)OCO3)c1I. The molecule has 3 rings (SSSR count). The van der Waals surface area contributed by atoms with Crippen molar-refractivity contribution >= 4 is 28.4 Å². The average Bonchev–Trinajstić information content (AvgIpc) is 2.86. The zero-order valence-corrected chi connectivity index (χ0v) is 10.2. The van der Waals surface area contributed by atoms with Gasteiger partial charge in [-0.1, -0.05) is 5.16 Å². The third kappa shape index (κ3) is 1.41. The van der Waals surface area contributed by atoms with Crippen LogP contribution in [-0.4, -0.2) is 11.9 Å². The van der Waals surface area contributed by atoms with Crippen molar-refractivity contribution in [2.24, 2.45) is 0 Å². The number of hydrogen-bond donors (Lipinski definition) is 1. The van der Waals surface area contributed by atoms with Gasteiger partial charge in [0, 0.05) is 5.56 Å². The van der Waals surface area contributed by atoms with Crippen LogP contribution in [0, 0.1) is 3.57 Å². The molecule has 0 radical (unpaired) electrons. The van der Waals surface area contributed by atoms with E-state index in [4.69, 9.17) is 19.7 Å². The highest BCUT2D eigenvalue weighted by Gasteiger charge is 2.18. The molecule has 0 fully saturated rings. The van der Waals surface area contributed by atoms with Gasteiger partial charge in [-0.15, -0.1) is 0 Å². The summed E-state index contributed by atoms with van der Waals surface area (Å²) in [5.74, 6) is 2.50. The molecule has 2 N–H and O–H groups in total. The van der Waals surface area contributed by atoms with Crippen LogP contribution in [0.5, 0.6) is 11.5 Å². The van der Waals surface area contributed by atoms with E-state index in [1.54, 1.807) is 0 Å². The smallest absolute Gasteiger partial charge is 0.231 e. The Morgan fingerprint density at radius 2 is 2.06 bits per heavy atom. The lowest BCUT2D eigenvalue weighted by atomic mass is 10.1. The van der Waals surface area contributed by atoms with Crippen molar-refractivity contribution in [3.8, 4) is 22.8 Å². The number of rotatable bonds is 1. The summed E-state index contributed by atoms with van der Waals surface area (Å²) in [6.07, 6.45) is 0. The number of aromatic nitrogens is 1. The van der Waals surface area contributed by atoms with Gasteiger partial charge in [0.15, 0.2) is 23.1 Å². The number of fused-ring (bicyclic) bond motifs is 1. The lowest BCUT2D eigenvalue weighted by molar-refractivity contribution is 0.174. The lowest BCUT2D eigenvalue weighted by Gasteiger charge is -1.99. The van der Waals surface area contributed by atoms with Crippen molar-refractivity contribution in [2.45, 2.75) is 0 Å². The molecule has 1 aliphatic heterocycles. The van der Waals surface area contributed by atoms with Crippen LogP contribution >= 0.6 is 22.6 Å². The summed E-state index contributed by atoms with van der Waals surface area (Å²) in [5.41, 5.74) is 6.50. The second-order valence-electron chi connectivity index (χ2n) is 3.28. The van der Waals surface area contributed by atoms with E-state index in [1.807, 2.05) is 18.2 Å². The number of nitrogen functional groups attached to an aromatic ring is 1. The Morgan fingerprint density at radius 1 is 1.25 bits per heavy atom. The van der Waals surface area contributed by atoms with Gasteiger partial charge in [-0.05, 0) is 40.8 Å². The van der Waals surface area contributed by atoms with Crippen molar-refractivity contribution in [3.05, 3.63) is 21.8 Å². The van der Waals surface area contributed by atoms with Crippen molar-refractivity contribution in [1.82, 2.24) is 5.16 Å². The van der Waals surface area contributed by atoms with E-state index in [2.05, 4.69) is 27.7 Å². The van der Waals surface area contributed by atoms with Crippen molar-refractivity contribution < 1.29 is 14.0 Å². The molecule has 2 aromatic rings. The number of ether oxygens (including phenoxy) is 2. The molecule has 1 aliphatic rings. The summed E-state index contributed by atoms with van der Waals surface area (Å²) >= 11 is 2.10. The molecule has 5 nitrogen and oxygen atoms in total. The average molecular weight is 330 g/mol. The normalized spacial score (nSPS) is 13.1. The van der Waals surface area contributed by atoms with E-state index < -0.39 is 0 Å². The molecular formula is C10H7IN2O3. The molecule has 0 saturated carbocycles. The Kier molecular flexibility index (Phi) is 2.16. The second-order valence-corrected chi connectivity index (χ2v) is 4.36. The molecule has 2 heterocycles. The van der Waals surface area contributed by atoms with Crippen LogP contribution in [0.2, 0.25) is 0 Å². The van der Waals surface area contributed by atoms with E-state index in [-0.39, 0.29) is 6.79 Å². The van der Waals surface area contributed by atoms with Crippen LogP contribution in [0.4, 0.5) is 5.82 Å². The first-order valence-electron chi connectivity index (χ1n) is 4.56. The quantitative estimate of drug-likeness (QED) is 0.812. The summed E-state index contributed by atoms with van der Waals surface area (Å²) < 4.78 is 16.5. The van der Waals surface area contributed by atoms with E-state index >= 15 is 0 Å². The summed E-state index contributed by atoms with van der Waals surface area (Å²) in [6, 6.07) is 5.58. The number of anilines is 1. The van der Waals surface area contributed by atoms with Gasteiger partial charge < -0.3 is 19.7 Å². The molecule has 16 heavy (non-hydrogen) atoms. The highest BCUT2D eigenvalue weighted by Crippen LogP contribution is 2.37. The highest BCUT2D eigenvalue weighted by atomic mass is 127. The first-order chi connectivity index (χ1) is 7.75. The largest absolute Gasteiger partial charge is 0.454 e. The first-order valence-corrected chi connectivity index (χ1v) is 5.64. The predicted octanol–water partition coefficient (Wildman–Crippen LogP) is 2.26. The molecule has 1 aromatic carbocycles. The molecule has 0 aliphatic carbocycles. The molecule has 0 saturated heterocycles. The fraction of sp³-hybridized carbons (Fsp3) is 0.100. The van der Waals surface area contributed by atoms with Gasteiger partial charge in [-0.3, -0.25) is 0 Å². The Balaban J connectivity index is 2.10. The second kappa shape index (κ2) is 3.55. The zero-order chi connectivity index (χ0) is 11.1. The molecule has 0 atom stereocenters. The van der Waals surface area contributed by atoms with Crippen molar-refractivity contribution in [3.63, 3.8) is 0 Å². The maximum Gasteiger partial charge on any atom is 0.231 e. The third-order valence-electron chi connectivity index (χ3n) is 2.29. The standard InChI is InChI=1S/C10H7IN2O3/c11-8-9(16-13-10(8)12)5-1-2-6-7(3-5)15-4-14-6/h1-3H,4H2,(H2,12,13). The fourth-order valence-electron chi connectivity index (χ4n) is 1.51. The maximum atomic E-state index is 5.62. The highest BCUT2D eigenvalue weighted by molar-refractivity contribution is 14.1. The third-order valence-corrected chi connectivity index (χ3v) is 3.34.